The molecule has 0 saturated carbocycles. The SMILES string of the molecule is CCOC(=O)Nc1ccc([C@H]2SCCN2C(=O)Nc2ccc(Cl)cc2)cc1. The predicted octanol–water partition coefficient (Wildman–Crippen LogP) is 5.19. The third kappa shape index (κ3) is 5.08. The Labute approximate surface area is 167 Å². The second-order valence-corrected chi connectivity index (χ2v) is 7.45. The van der Waals surface area contributed by atoms with Gasteiger partial charge in [0.15, 0.2) is 0 Å². The molecule has 1 atom stereocenters. The number of nitrogens with zero attached hydrogens (tertiary/aromatic N) is 1. The Balaban J connectivity index is 1.65. The highest BCUT2D eigenvalue weighted by Crippen LogP contribution is 2.38. The normalized spacial score (nSPS) is 16.1. The van der Waals surface area contributed by atoms with Crippen molar-refractivity contribution in [3.8, 4) is 0 Å². The molecule has 1 saturated heterocycles. The Morgan fingerprint density at radius 1 is 1.11 bits per heavy atom. The molecule has 0 unspecified atom stereocenters. The lowest BCUT2D eigenvalue weighted by Gasteiger charge is -2.24. The molecule has 1 heterocycles. The third-order valence-corrected chi connectivity index (χ3v) is 5.48. The first-order valence-electron chi connectivity index (χ1n) is 8.55. The van der Waals surface area contributed by atoms with Crippen molar-refractivity contribution in [1.82, 2.24) is 4.90 Å². The number of benzene rings is 2. The average molecular weight is 406 g/mol. The highest BCUT2D eigenvalue weighted by molar-refractivity contribution is 7.99. The Morgan fingerprint density at radius 2 is 1.74 bits per heavy atom. The van der Waals surface area contributed by atoms with Gasteiger partial charge in [-0.15, -0.1) is 11.8 Å². The van der Waals surface area contributed by atoms with Crippen molar-refractivity contribution in [2.75, 3.05) is 29.5 Å². The van der Waals surface area contributed by atoms with Gasteiger partial charge in [-0.05, 0) is 48.9 Å². The van der Waals surface area contributed by atoms with E-state index in [2.05, 4.69) is 10.6 Å². The molecule has 6 nitrogen and oxygen atoms in total. The number of halogens is 1. The zero-order valence-electron chi connectivity index (χ0n) is 14.8. The summed E-state index contributed by atoms with van der Waals surface area (Å²) >= 11 is 7.58. The molecule has 0 aromatic heterocycles. The van der Waals surface area contributed by atoms with E-state index in [0.29, 0.717) is 29.5 Å². The molecular weight excluding hydrogens is 386 g/mol. The maximum absolute atomic E-state index is 12.7. The molecule has 0 aliphatic carbocycles. The molecule has 8 heteroatoms. The average Bonchev–Trinajstić information content (AvgIpc) is 3.14. The van der Waals surface area contributed by atoms with Crippen LogP contribution in [-0.4, -0.2) is 35.9 Å². The quantitative estimate of drug-likeness (QED) is 0.734. The number of ether oxygens (including phenoxy) is 1. The molecule has 0 spiro atoms. The van der Waals surface area contributed by atoms with Crippen LogP contribution in [0.1, 0.15) is 17.9 Å². The summed E-state index contributed by atoms with van der Waals surface area (Å²) in [4.78, 5) is 25.9. The summed E-state index contributed by atoms with van der Waals surface area (Å²) in [7, 11) is 0. The Hall–Kier alpha value is -2.38. The molecule has 2 aromatic rings. The number of amides is 3. The fourth-order valence-electron chi connectivity index (χ4n) is 2.70. The van der Waals surface area contributed by atoms with E-state index >= 15 is 0 Å². The van der Waals surface area contributed by atoms with Crippen LogP contribution < -0.4 is 10.6 Å². The number of thioether (sulfide) groups is 1. The number of rotatable bonds is 4. The molecule has 2 aromatic carbocycles. The molecule has 3 amide bonds. The van der Waals surface area contributed by atoms with Crippen LogP contribution in [0.4, 0.5) is 21.0 Å². The Morgan fingerprint density at radius 3 is 2.41 bits per heavy atom. The summed E-state index contributed by atoms with van der Waals surface area (Å²) in [5, 5.41) is 6.11. The molecule has 1 aliphatic rings. The van der Waals surface area contributed by atoms with Gasteiger partial charge in [0.2, 0.25) is 0 Å². The van der Waals surface area contributed by atoms with Crippen molar-refractivity contribution in [3.05, 3.63) is 59.1 Å². The van der Waals surface area contributed by atoms with Gasteiger partial charge in [0.25, 0.3) is 0 Å². The monoisotopic (exact) mass is 405 g/mol. The van der Waals surface area contributed by atoms with E-state index in [1.54, 1.807) is 60.0 Å². The smallest absolute Gasteiger partial charge is 0.411 e. The van der Waals surface area contributed by atoms with Crippen LogP contribution in [0.3, 0.4) is 0 Å². The number of urea groups is 1. The number of nitrogens with one attached hydrogen (secondary N) is 2. The maximum atomic E-state index is 12.7. The number of hydrogen-bond acceptors (Lipinski definition) is 4. The molecule has 142 valence electrons. The van der Waals surface area contributed by atoms with Crippen LogP contribution in [0.25, 0.3) is 0 Å². The van der Waals surface area contributed by atoms with E-state index < -0.39 is 6.09 Å². The Kier molecular flexibility index (Phi) is 6.47. The van der Waals surface area contributed by atoms with Gasteiger partial charge in [-0.2, -0.15) is 0 Å². The van der Waals surface area contributed by atoms with Crippen molar-refractivity contribution in [3.63, 3.8) is 0 Å². The zero-order valence-corrected chi connectivity index (χ0v) is 16.3. The summed E-state index contributed by atoms with van der Waals surface area (Å²) in [6.45, 7) is 2.74. The molecule has 1 aliphatic heterocycles. The highest BCUT2D eigenvalue weighted by Gasteiger charge is 2.30. The number of hydrogen-bond donors (Lipinski definition) is 2. The topological polar surface area (TPSA) is 70.7 Å². The first-order valence-corrected chi connectivity index (χ1v) is 9.98. The van der Waals surface area contributed by atoms with E-state index in [9.17, 15) is 9.59 Å². The Bertz CT molecular complexity index is 799. The number of carbonyl (C=O) groups is 2. The molecule has 27 heavy (non-hydrogen) atoms. The summed E-state index contributed by atoms with van der Waals surface area (Å²) in [5.41, 5.74) is 2.35. The van der Waals surface area contributed by atoms with Gasteiger partial charge < -0.3 is 15.0 Å². The summed E-state index contributed by atoms with van der Waals surface area (Å²) < 4.78 is 4.86. The minimum Gasteiger partial charge on any atom is -0.450 e. The summed E-state index contributed by atoms with van der Waals surface area (Å²) in [6.07, 6.45) is -0.482. The van der Waals surface area contributed by atoms with Crippen LogP contribution in [-0.2, 0) is 4.74 Å². The molecular formula is C19H20ClN3O3S. The van der Waals surface area contributed by atoms with E-state index in [1.807, 2.05) is 12.1 Å². The van der Waals surface area contributed by atoms with Crippen LogP contribution in [0, 0.1) is 0 Å². The number of carbonyl (C=O) groups excluding carboxylic acids is 2. The highest BCUT2D eigenvalue weighted by atomic mass is 35.5. The van der Waals surface area contributed by atoms with E-state index in [4.69, 9.17) is 16.3 Å². The lowest BCUT2D eigenvalue weighted by Crippen LogP contribution is -2.34. The summed E-state index contributed by atoms with van der Waals surface area (Å²) in [6, 6.07) is 14.3. The van der Waals surface area contributed by atoms with Crippen molar-refractivity contribution < 1.29 is 14.3 Å². The van der Waals surface area contributed by atoms with Crippen LogP contribution in [0.5, 0.6) is 0 Å². The minimum atomic E-state index is -0.482. The van der Waals surface area contributed by atoms with Gasteiger partial charge in [-0.1, -0.05) is 23.7 Å². The van der Waals surface area contributed by atoms with Crippen molar-refractivity contribution in [2.24, 2.45) is 0 Å². The van der Waals surface area contributed by atoms with Gasteiger partial charge in [0.1, 0.15) is 5.37 Å². The maximum Gasteiger partial charge on any atom is 0.411 e. The van der Waals surface area contributed by atoms with Crippen LogP contribution >= 0.6 is 23.4 Å². The number of anilines is 2. The first-order chi connectivity index (χ1) is 13.1. The predicted molar refractivity (Wildman–Crippen MR) is 109 cm³/mol. The van der Waals surface area contributed by atoms with Gasteiger partial charge >= 0.3 is 12.1 Å². The molecule has 0 bridgehead atoms. The molecule has 3 rings (SSSR count). The lowest BCUT2D eigenvalue weighted by atomic mass is 10.2. The van der Waals surface area contributed by atoms with Gasteiger partial charge in [-0.25, -0.2) is 9.59 Å². The van der Waals surface area contributed by atoms with Gasteiger partial charge in [0, 0.05) is 28.7 Å². The molecule has 2 N–H and O–H groups in total. The van der Waals surface area contributed by atoms with Gasteiger partial charge in [-0.3, -0.25) is 5.32 Å². The minimum absolute atomic E-state index is 0.0751. The first kappa shape index (κ1) is 19.4. The third-order valence-electron chi connectivity index (χ3n) is 3.97. The van der Waals surface area contributed by atoms with E-state index in [1.165, 1.54) is 0 Å². The fraction of sp³-hybridized carbons (Fsp3) is 0.263. The molecule has 0 radical (unpaired) electrons. The molecule has 1 fully saturated rings. The summed E-state index contributed by atoms with van der Waals surface area (Å²) in [5.74, 6) is 0.863. The largest absolute Gasteiger partial charge is 0.450 e. The van der Waals surface area contributed by atoms with Crippen molar-refractivity contribution in [1.29, 1.82) is 0 Å². The van der Waals surface area contributed by atoms with Crippen LogP contribution in [0.15, 0.2) is 48.5 Å². The van der Waals surface area contributed by atoms with Crippen molar-refractivity contribution in [2.45, 2.75) is 12.3 Å². The van der Waals surface area contributed by atoms with E-state index in [-0.39, 0.29) is 11.4 Å². The van der Waals surface area contributed by atoms with Crippen LogP contribution in [0.2, 0.25) is 5.02 Å². The zero-order chi connectivity index (χ0) is 19.2. The standard InChI is InChI=1S/C19H20ClN3O3S/c1-2-26-19(25)22-16-7-3-13(4-8-16)17-23(11-12-27-17)18(24)21-15-9-5-14(20)6-10-15/h3-10,17H,2,11-12H2,1H3,(H,21,24)(H,22,25)/t17-/m1/s1. The van der Waals surface area contributed by atoms with E-state index in [0.717, 1.165) is 11.3 Å². The second-order valence-electron chi connectivity index (χ2n) is 5.82. The lowest BCUT2D eigenvalue weighted by molar-refractivity contribution is 0.168. The van der Waals surface area contributed by atoms with Crippen molar-refractivity contribution >= 4 is 46.9 Å². The fourth-order valence-corrected chi connectivity index (χ4v) is 4.08. The second kappa shape index (κ2) is 9.01. The van der Waals surface area contributed by atoms with Gasteiger partial charge in [0.05, 0.1) is 6.61 Å².